The van der Waals surface area contributed by atoms with Gasteiger partial charge in [-0.15, -0.1) is 11.8 Å². The fourth-order valence-corrected chi connectivity index (χ4v) is 4.01. The zero-order valence-corrected chi connectivity index (χ0v) is 16.2. The first-order valence-corrected chi connectivity index (χ1v) is 10.5. The Morgan fingerprint density at radius 1 is 1.12 bits per heavy atom. The van der Waals surface area contributed by atoms with Crippen LogP contribution in [0.2, 0.25) is 0 Å². The molecular formula is C16H16BrNO5S2. The van der Waals surface area contributed by atoms with Crippen molar-refractivity contribution in [2.24, 2.45) is 0 Å². The van der Waals surface area contributed by atoms with Gasteiger partial charge in [0.1, 0.15) is 5.75 Å². The van der Waals surface area contributed by atoms with Gasteiger partial charge in [0.2, 0.25) is 10.0 Å². The average Bonchev–Trinajstić information content (AvgIpc) is 2.58. The topological polar surface area (TPSA) is 92.7 Å². The molecule has 0 fully saturated rings. The lowest BCUT2D eigenvalue weighted by atomic mass is 10.3. The molecule has 9 heteroatoms. The van der Waals surface area contributed by atoms with Crippen molar-refractivity contribution in [2.45, 2.75) is 9.79 Å². The van der Waals surface area contributed by atoms with E-state index < -0.39 is 16.0 Å². The Kier molecular flexibility index (Phi) is 7.30. The molecule has 0 atom stereocenters. The molecule has 0 aromatic heterocycles. The van der Waals surface area contributed by atoms with Crippen LogP contribution >= 0.6 is 27.7 Å². The number of carboxylic acids is 1. The van der Waals surface area contributed by atoms with Crippen molar-refractivity contribution in [3.8, 4) is 5.75 Å². The van der Waals surface area contributed by atoms with Crippen LogP contribution in [0.3, 0.4) is 0 Å². The quantitative estimate of drug-likeness (QED) is 0.455. The second-order valence-corrected chi connectivity index (χ2v) is 8.70. The van der Waals surface area contributed by atoms with E-state index in [4.69, 9.17) is 9.84 Å². The van der Waals surface area contributed by atoms with Crippen molar-refractivity contribution in [1.82, 2.24) is 4.72 Å². The summed E-state index contributed by atoms with van der Waals surface area (Å²) < 4.78 is 32.7. The second-order valence-electron chi connectivity index (χ2n) is 4.85. The first-order chi connectivity index (χ1) is 11.9. The molecule has 0 amide bonds. The molecule has 6 nitrogen and oxygen atoms in total. The average molecular weight is 446 g/mol. The molecule has 0 aliphatic heterocycles. The predicted molar refractivity (Wildman–Crippen MR) is 99.6 cm³/mol. The highest BCUT2D eigenvalue weighted by molar-refractivity contribution is 9.10. The number of hydrogen-bond acceptors (Lipinski definition) is 5. The molecule has 0 aliphatic rings. The van der Waals surface area contributed by atoms with Gasteiger partial charge in [0, 0.05) is 21.7 Å². The van der Waals surface area contributed by atoms with Gasteiger partial charge < -0.3 is 9.84 Å². The van der Waals surface area contributed by atoms with Crippen molar-refractivity contribution >= 4 is 43.7 Å². The minimum atomic E-state index is -3.51. The van der Waals surface area contributed by atoms with E-state index in [9.17, 15) is 13.2 Å². The van der Waals surface area contributed by atoms with Gasteiger partial charge >= 0.3 is 5.97 Å². The van der Waals surface area contributed by atoms with Crippen LogP contribution in [0.25, 0.3) is 0 Å². The first kappa shape index (κ1) is 19.8. The number of halogens is 1. The highest BCUT2D eigenvalue weighted by Gasteiger charge is 2.12. The summed E-state index contributed by atoms with van der Waals surface area (Å²) in [6.07, 6.45) is 0. The number of carbonyl (C=O) groups is 1. The monoisotopic (exact) mass is 445 g/mol. The summed E-state index contributed by atoms with van der Waals surface area (Å²) in [4.78, 5) is 11.6. The van der Waals surface area contributed by atoms with Gasteiger partial charge in [0.25, 0.3) is 0 Å². The summed E-state index contributed by atoms with van der Waals surface area (Å²) in [6, 6.07) is 13.4. The SMILES string of the molecule is O=C(O)COc1ccc(SCCNS(=O)(=O)c2ccc(Br)cc2)cc1. The third kappa shape index (κ3) is 6.69. The van der Waals surface area contributed by atoms with Gasteiger partial charge in [-0.1, -0.05) is 15.9 Å². The van der Waals surface area contributed by atoms with Crippen LogP contribution in [0.4, 0.5) is 0 Å². The van der Waals surface area contributed by atoms with Crippen LogP contribution < -0.4 is 9.46 Å². The van der Waals surface area contributed by atoms with E-state index in [2.05, 4.69) is 20.7 Å². The molecule has 0 saturated heterocycles. The van der Waals surface area contributed by atoms with Gasteiger partial charge in [-0.05, 0) is 48.5 Å². The zero-order chi connectivity index (χ0) is 18.3. The zero-order valence-electron chi connectivity index (χ0n) is 13.0. The first-order valence-electron chi connectivity index (χ1n) is 7.19. The minimum absolute atomic E-state index is 0.223. The number of benzene rings is 2. The van der Waals surface area contributed by atoms with E-state index in [-0.39, 0.29) is 11.5 Å². The summed E-state index contributed by atoms with van der Waals surface area (Å²) in [5.74, 6) is 0.00431. The number of rotatable bonds is 9. The molecule has 2 aromatic carbocycles. The third-order valence-corrected chi connectivity index (χ3v) is 5.99. The fourth-order valence-electron chi connectivity index (χ4n) is 1.82. The molecule has 134 valence electrons. The van der Waals surface area contributed by atoms with Crippen LogP contribution in [0.15, 0.2) is 62.8 Å². The number of thioether (sulfide) groups is 1. The van der Waals surface area contributed by atoms with Crippen molar-refractivity contribution in [3.63, 3.8) is 0 Å². The molecule has 0 saturated carbocycles. The van der Waals surface area contributed by atoms with Gasteiger partial charge in [0.05, 0.1) is 4.90 Å². The van der Waals surface area contributed by atoms with E-state index in [1.165, 1.54) is 23.9 Å². The Morgan fingerprint density at radius 3 is 2.36 bits per heavy atom. The van der Waals surface area contributed by atoms with E-state index in [1.54, 1.807) is 36.4 Å². The van der Waals surface area contributed by atoms with E-state index in [0.29, 0.717) is 18.0 Å². The standard InChI is InChI=1S/C16H16BrNO5S2/c17-12-1-7-15(8-2-12)25(21,22)18-9-10-24-14-5-3-13(4-6-14)23-11-16(19)20/h1-8,18H,9-11H2,(H,19,20). The molecule has 25 heavy (non-hydrogen) atoms. The summed E-state index contributed by atoms with van der Waals surface area (Å²) in [5.41, 5.74) is 0. The number of sulfonamides is 1. The van der Waals surface area contributed by atoms with E-state index in [0.717, 1.165) is 9.37 Å². The lowest BCUT2D eigenvalue weighted by Gasteiger charge is -2.07. The maximum atomic E-state index is 12.1. The third-order valence-electron chi connectivity index (χ3n) is 2.97. The lowest BCUT2D eigenvalue weighted by molar-refractivity contribution is -0.139. The Hall–Kier alpha value is -1.55. The number of ether oxygens (including phenoxy) is 1. The molecule has 2 rings (SSSR count). The van der Waals surface area contributed by atoms with E-state index in [1.807, 2.05) is 0 Å². The normalized spacial score (nSPS) is 11.2. The Balaban J connectivity index is 1.78. The predicted octanol–water partition coefficient (Wildman–Crippen LogP) is 2.98. The minimum Gasteiger partial charge on any atom is -0.482 e. The highest BCUT2D eigenvalue weighted by atomic mass is 79.9. The molecule has 0 unspecified atom stereocenters. The molecule has 2 N–H and O–H groups in total. The van der Waals surface area contributed by atoms with Gasteiger partial charge in [-0.25, -0.2) is 17.9 Å². The van der Waals surface area contributed by atoms with Crippen molar-refractivity contribution in [2.75, 3.05) is 18.9 Å². The van der Waals surface area contributed by atoms with Crippen molar-refractivity contribution < 1.29 is 23.1 Å². The number of nitrogens with one attached hydrogen (secondary N) is 1. The van der Waals surface area contributed by atoms with Crippen LogP contribution in [0.5, 0.6) is 5.75 Å². The van der Waals surface area contributed by atoms with Crippen molar-refractivity contribution in [1.29, 1.82) is 0 Å². The maximum absolute atomic E-state index is 12.1. The molecular weight excluding hydrogens is 430 g/mol. The summed E-state index contributed by atoms with van der Waals surface area (Å²) in [7, 11) is -3.51. The lowest BCUT2D eigenvalue weighted by Crippen LogP contribution is -2.25. The van der Waals surface area contributed by atoms with Crippen LogP contribution in [-0.4, -0.2) is 38.4 Å². The van der Waals surface area contributed by atoms with Crippen LogP contribution in [-0.2, 0) is 14.8 Å². The molecule has 0 spiro atoms. The van der Waals surface area contributed by atoms with E-state index >= 15 is 0 Å². The van der Waals surface area contributed by atoms with Crippen LogP contribution in [0, 0.1) is 0 Å². The smallest absolute Gasteiger partial charge is 0.341 e. The largest absolute Gasteiger partial charge is 0.482 e. The molecule has 0 radical (unpaired) electrons. The van der Waals surface area contributed by atoms with Gasteiger partial charge in [0.15, 0.2) is 6.61 Å². The molecule has 0 aliphatic carbocycles. The summed E-state index contributed by atoms with van der Waals surface area (Å²) in [6.45, 7) is -0.0926. The highest BCUT2D eigenvalue weighted by Crippen LogP contribution is 2.21. The summed E-state index contributed by atoms with van der Waals surface area (Å²) in [5, 5.41) is 8.55. The van der Waals surface area contributed by atoms with Crippen molar-refractivity contribution in [3.05, 3.63) is 53.0 Å². The molecule has 0 bridgehead atoms. The molecule has 2 aromatic rings. The maximum Gasteiger partial charge on any atom is 0.341 e. The summed E-state index contributed by atoms with van der Waals surface area (Å²) >= 11 is 4.75. The van der Waals surface area contributed by atoms with Crippen LogP contribution in [0.1, 0.15) is 0 Å². The Labute approximate surface area is 158 Å². The Morgan fingerprint density at radius 2 is 1.76 bits per heavy atom. The number of carboxylic acid groups (broad SMARTS) is 1. The number of hydrogen-bond donors (Lipinski definition) is 2. The van der Waals surface area contributed by atoms with Gasteiger partial charge in [-0.3, -0.25) is 0 Å². The Bertz CT molecular complexity index is 807. The fraction of sp³-hybridized carbons (Fsp3) is 0.188. The van der Waals surface area contributed by atoms with Gasteiger partial charge in [-0.2, -0.15) is 0 Å². The second kappa shape index (κ2) is 9.23. The number of aliphatic carboxylic acids is 1. The molecule has 0 heterocycles.